The highest BCUT2D eigenvalue weighted by atomic mass is 32.1. The van der Waals surface area contributed by atoms with Crippen molar-refractivity contribution in [2.24, 2.45) is 0 Å². The minimum atomic E-state index is -0.0214. The molecule has 0 unspecified atom stereocenters. The van der Waals surface area contributed by atoms with Gasteiger partial charge in [0.05, 0.1) is 18.4 Å². The molecule has 2 aromatic heterocycles. The summed E-state index contributed by atoms with van der Waals surface area (Å²) in [4.78, 5) is 22.1. The van der Waals surface area contributed by atoms with Crippen LogP contribution < -0.4 is 9.64 Å². The normalized spacial score (nSPS) is 13.9. The highest BCUT2D eigenvalue weighted by molar-refractivity contribution is 7.13. The molecule has 8 heteroatoms. The molecule has 0 bridgehead atoms. The highest BCUT2D eigenvalue weighted by Crippen LogP contribution is 2.32. The summed E-state index contributed by atoms with van der Waals surface area (Å²) in [5, 5.41) is 7.78. The molecule has 1 aliphatic rings. The summed E-state index contributed by atoms with van der Waals surface area (Å²) in [5.41, 5.74) is 2.89. The van der Waals surface area contributed by atoms with Crippen LogP contribution in [0.2, 0.25) is 0 Å². The number of rotatable bonds is 5. The van der Waals surface area contributed by atoms with E-state index in [1.165, 1.54) is 0 Å². The number of piperazine rings is 1. The number of hydrogen-bond acceptors (Lipinski definition) is 6. The number of ether oxygens (including phenoxy) is 1. The van der Waals surface area contributed by atoms with Crippen molar-refractivity contribution >= 4 is 22.4 Å². The Hall–Kier alpha value is -3.65. The third kappa shape index (κ3) is 3.85. The van der Waals surface area contributed by atoms with Crippen LogP contribution in [0.3, 0.4) is 0 Å². The Kier molecular flexibility index (Phi) is 5.60. The lowest BCUT2D eigenvalue weighted by Crippen LogP contribution is -2.48. The number of aromatic nitrogens is 3. The van der Waals surface area contributed by atoms with Crippen molar-refractivity contribution in [3.05, 3.63) is 77.9 Å². The molecule has 7 nitrogen and oxygen atoms in total. The second-order valence-electron chi connectivity index (χ2n) is 7.47. The van der Waals surface area contributed by atoms with Crippen LogP contribution in [0.5, 0.6) is 5.75 Å². The minimum Gasteiger partial charge on any atom is -0.496 e. The van der Waals surface area contributed by atoms with E-state index in [2.05, 4.69) is 9.88 Å². The van der Waals surface area contributed by atoms with Gasteiger partial charge in [-0.15, -0.1) is 11.3 Å². The van der Waals surface area contributed by atoms with E-state index >= 15 is 0 Å². The molecule has 0 aliphatic carbocycles. The maximum absolute atomic E-state index is 13.6. The summed E-state index contributed by atoms with van der Waals surface area (Å²) in [7, 11) is 1.63. The second-order valence-corrected chi connectivity index (χ2v) is 8.34. The van der Waals surface area contributed by atoms with Gasteiger partial charge in [-0.3, -0.25) is 4.79 Å². The zero-order valence-electron chi connectivity index (χ0n) is 17.7. The molecule has 4 aromatic rings. The fourth-order valence-electron chi connectivity index (χ4n) is 3.93. The standard InChI is InChI=1S/C24H23N5O2S/c1-31-21-10-6-5-9-19(21)22-20(17-29(26-22)18-7-3-2-4-8-18)23(30)27-12-14-28(15-13-27)24-25-11-16-32-24/h2-11,16-17H,12-15H2,1H3. The molecule has 3 heterocycles. The minimum absolute atomic E-state index is 0.0214. The van der Waals surface area contributed by atoms with Crippen LogP contribution in [-0.4, -0.2) is 58.9 Å². The van der Waals surface area contributed by atoms with Gasteiger partial charge < -0.3 is 14.5 Å². The number of anilines is 1. The predicted molar refractivity (Wildman–Crippen MR) is 126 cm³/mol. The molecule has 5 rings (SSSR count). The molecule has 0 radical (unpaired) electrons. The maximum Gasteiger partial charge on any atom is 0.257 e. The molecule has 0 N–H and O–H groups in total. The van der Waals surface area contributed by atoms with Gasteiger partial charge in [0.2, 0.25) is 0 Å². The van der Waals surface area contributed by atoms with E-state index in [-0.39, 0.29) is 5.91 Å². The van der Waals surface area contributed by atoms with Crippen LogP contribution in [0.15, 0.2) is 72.4 Å². The Balaban J connectivity index is 1.48. The van der Waals surface area contributed by atoms with Gasteiger partial charge in [-0.1, -0.05) is 30.3 Å². The third-order valence-corrected chi connectivity index (χ3v) is 6.42. The van der Waals surface area contributed by atoms with Crippen molar-refractivity contribution in [3.63, 3.8) is 0 Å². The van der Waals surface area contributed by atoms with E-state index in [0.29, 0.717) is 30.1 Å². The zero-order valence-corrected chi connectivity index (χ0v) is 18.5. The number of methoxy groups -OCH3 is 1. The predicted octanol–water partition coefficient (Wildman–Crippen LogP) is 3.97. The maximum atomic E-state index is 13.6. The number of thiazole rings is 1. The summed E-state index contributed by atoms with van der Waals surface area (Å²) < 4.78 is 7.33. The second kappa shape index (κ2) is 8.84. The van der Waals surface area contributed by atoms with Crippen molar-refractivity contribution in [1.82, 2.24) is 19.7 Å². The summed E-state index contributed by atoms with van der Waals surface area (Å²) >= 11 is 1.62. The lowest BCUT2D eigenvalue weighted by molar-refractivity contribution is 0.0747. The Labute approximate surface area is 190 Å². The van der Waals surface area contributed by atoms with Crippen LogP contribution in [0, 0.1) is 0 Å². The average Bonchev–Trinajstić information content (AvgIpc) is 3.55. The summed E-state index contributed by atoms with van der Waals surface area (Å²) in [6, 6.07) is 17.5. The number of nitrogens with zero attached hydrogens (tertiary/aromatic N) is 5. The summed E-state index contributed by atoms with van der Waals surface area (Å²) in [6.45, 7) is 2.80. The SMILES string of the molecule is COc1ccccc1-c1nn(-c2ccccc2)cc1C(=O)N1CCN(c2nccs2)CC1. The van der Waals surface area contributed by atoms with Crippen molar-refractivity contribution in [1.29, 1.82) is 0 Å². The van der Waals surface area contributed by atoms with E-state index in [4.69, 9.17) is 9.84 Å². The number of benzene rings is 2. The van der Waals surface area contributed by atoms with Gasteiger partial charge in [-0.2, -0.15) is 5.10 Å². The number of hydrogen-bond donors (Lipinski definition) is 0. The fraction of sp³-hybridized carbons (Fsp3) is 0.208. The molecule has 0 atom stereocenters. The third-order valence-electron chi connectivity index (χ3n) is 5.58. The van der Waals surface area contributed by atoms with Gasteiger partial charge in [0.15, 0.2) is 5.13 Å². The Bertz CT molecular complexity index is 1200. The van der Waals surface area contributed by atoms with Crippen molar-refractivity contribution < 1.29 is 9.53 Å². The van der Waals surface area contributed by atoms with E-state index in [9.17, 15) is 4.79 Å². The van der Waals surface area contributed by atoms with Crippen LogP contribution in [0.4, 0.5) is 5.13 Å². The molecule has 0 saturated carbocycles. The lowest BCUT2D eigenvalue weighted by Gasteiger charge is -2.34. The quantitative estimate of drug-likeness (QED) is 0.465. The summed E-state index contributed by atoms with van der Waals surface area (Å²) in [6.07, 6.45) is 3.64. The van der Waals surface area contributed by atoms with Crippen molar-refractivity contribution in [3.8, 4) is 22.7 Å². The Morgan fingerprint density at radius 1 is 1.00 bits per heavy atom. The molecule has 162 valence electrons. The molecule has 1 aliphatic heterocycles. The lowest BCUT2D eigenvalue weighted by atomic mass is 10.1. The van der Waals surface area contributed by atoms with Crippen LogP contribution >= 0.6 is 11.3 Å². The van der Waals surface area contributed by atoms with Gasteiger partial charge in [-0.05, 0) is 24.3 Å². The number of para-hydroxylation sites is 2. The van der Waals surface area contributed by atoms with Gasteiger partial charge in [-0.25, -0.2) is 9.67 Å². The van der Waals surface area contributed by atoms with Gasteiger partial charge >= 0.3 is 0 Å². The van der Waals surface area contributed by atoms with Crippen LogP contribution in [-0.2, 0) is 0 Å². The van der Waals surface area contributed by atoms with E-state index < -0.39 is 0 Å². The smallest absolute Gasteiger partial charge is 0.257 e. The van der Waals surface area contributed by atoms with Crippen molar-refractivity contribution in [2.75, 3.05) is 38.2 Å². The first kappa shape index (κ1) is 20.3. The molecular weight excluding hydrogens is 422 g/mol. The fourth-order valence-corrected chi connectivity index (χ4v) is 4.62. The molecule has 2 aromatic carbocycles. The van der Waals surface area contributed by atoms with E-state index in [1.807, 2.05) is 77.3 Å². The molecular formula is C24H23N5O2S. The molecule has 1 saturated heterocycles. The van der Waals surface area contributed by atoms with E-state index in [1.54, 1.807) is 23.1 Å². The van der Waals surface area contributed by atoms with Crippen LogP contribution in [0.1, 0.15) is 10.4 Å². The van der Waals surface area contributed by atoms with Crippen molar-refractivity contribution in [2.45, 2.75) is 0 Å². The zero-order chi connectivity index (χ0) is 21.9. The monoisotopic (exact) mass is 445 g/mol. The van der Waals surface area contributed by atoms with Gasteiger partial charge in [0.25, 0.3) is 5.91 Å². The molecule has 1 fully saturated rings. The number of carbonyl (C=O) groups is 1. The average molecular weight is 446 g/mol. The number of carbonyl (C=O) groups excluding carboxylic acids is 1. The molecule has 0 spiro atoms. The van der Waals surface area contributed by atoms with Gasteiger partial charge in [0.1, 0.15) is 11.4 Å². The summed E-state index contributed by atoms with van der Waals surface area (Å²) in [5.74, 6) is 0.667. The first-order valence-electron chi connectivity index (χ1n) is 10.5. The van der Waals surface area contributed by atoms with E-state index in [0.717, 1.165) is 29.5 Å². The van der Waals surface area contributed by atoms with Crippen LogP contribution in [0.25, 0.3) is 16.9 Å². The topological polar surface area (TPSA) is 63.5 Å². The molecule has 32 heavy (non-hydrogen) atoms. The Morgan fingerprint density at radius 3 is 2.47 bits per heavy atom. The largest absolute Gasteiger partial charge is 0.496 e. The Morgan fingerprint density at radius 2 is 1.75 bits per heavy atom. The molecule has 1 amide bonds. The van der Waals surface area contributed by atoms with Gasteiger partial charge in [0, 0.05) is 49.5 Å². The first-order valence-corrected chi connectivity index (χ1v) is 11.3. The number of amides is 1. The highest BCUT2D eigenvalue weighted by Gasteiger charge is 2.28. The first-order chi connectivity index (χ1) is 15.7.